The van der Waals surface area contributed by atoms with Crippen molar-refractivity contribution in [2.24, 2.45) is 5.41 Å². The molecule has 0 aliphatic heterocycles. The molecule has 0 saturated carbocycles. The van der Waals surface area contributed by atoms with E-state index in [0.29, 0.717) is 0 Å². The minimum Gasteiger partial charge on any atom is -0.0947 e. The molecule has 1 rings (SSSR count). The Hall–Kier alpha value is -1.04. The summed E-state index contributed by atoms with van der Waals surface area (Å²) >= 11 is 0. The Balaban J connectivity index is 2.93. The van der Waals surface area contributed by atoms with Crippen LogP contribution in [-0.2, 0) is 0 Å². The fourth-order valence-corrected chi connectivity index (χ4v) is 1.24. The first-order valence-corrected chi connectivity index (χ1v) is 4.82. The van der Waals surface area contributed by atoms with Gasteiger partial charge in [0.25, 0.3) is 0 Å². The highest BCUT2D eigenvalue weighted by Crippen LogP contribution is 2.35. The zero-order valence-corrected chi connectivity index (χ0v) is 8.80. The zero-order chi connectivity index (χ0) is 9.90. The van der Waals surface area contributed by atoms with Crippen LogP contribution in [0.3, 0.4) is 0 Å². The van der Waals surface area contributed by atoms with Gasteiger partial charge in [-0.05, 0) is 23.0 Å². The molecule has 70 valence electrons. The Kier molecular flexibility index (Phi) is 2.92. The van der Waals surface area contributed by atoms with E-state index in [1.54, 1.807) is 0 Å². The summed E-state index contributed by atoms with van der Waals surface area (Å²) in [5.74, 6) is 0. The topological polar surface area (TPSA) is 0 Å². The third-order valence-electron chi connectivity index (χ3n) is 2.82. The monoisotopic (exact) mass is 174 g/mol. The first-order valence-electron chi connectivity index (χ1n) is 4.82. The van der Waals surface area contributed by atoms with Gasteiger partial charge in [-0.15, -0.1) is 0 Å². The highest BCUT2D eigenvalue weighted by molar-refractivity contribution is 5.67. The van der Waals surface area contributed by atoms with Crippen molar-refractivity contribution in [3.8, 4) is 0 Å². The molecule has 1 aromatic rings. The van der Waals surface area contributed by atoms with E-state index >= 15 is 0 Å². The number of hydrogen-bond acceptors (Lipinski definition) is 0. The second-order valence-electron chi connectivity index (χ2n) is 4.08. The van der Waals surface area contributed by atoms with Crippen LogP contribution in [0.1, 0.15) is 32.8 Å². The fraction of sp³-hybridized carbons (Fsp3) is 0.385. The molecule has 0 heterocycles. The lowest BCUT2D eigenvalue weighted by molar-refractivity contribution is 0.483. The smallest absolute Gasteiger partial charge is 0.0106 e. The van der Waals surface area contributed by atoms with Crippen LogP contribution in [-0.4, -0.2) is 0 Å². The minimum atomic E-state index is 0.210. The van der Waals surface area contributed by atoms with Gasteiger partial charge in [-0.25, -0.2) is 0 Å². The van der Waals surface area contributed by atoms with Crippen molar-refractivity contribution in [3.05, 3.63) is 42.5 Å². The molecule has 13 heavy (non-hydrogen) atoms. The van der Waals surface area contributed by atoms with Crippen LogP contribution in [0.5, 0.6) is 0 Å². The summed E-state index contributed by atoms with van der Waals surface area (Å²) < 4.78 is 0. The van der Waals surface area contributed by atoms with E-state index in [4.69, 9.17) is 0 Å². The van der Waals surface area contributed by atoms with Crippen LogP contribution in [0, 0.1) is 5.41 Å². The van der Waals surface area contributed by atoms with Crippen LogP contribution in [0.25, 0.3) is 5.57 Å². The van der Waals surface area contributed by atoms with Crippen molar-refractivity contribution in [3.63, 3.8) is 0 Å². The molecule has 0 aliphatic carbocycles. The van der Waals surface area contributed by atoms with Gasteiger partial charge in [-0.2, -0.15) is 0 Å². The van der Waals surface area contributed by atoms with Gasteiger partial charge in [0.05, 0.1) is 0 Å². The molecule has 0 amide bonds. The van der Waals surface area contributed by atoms with E-state index in [2.05, 4.69) is 51.6 Å². The Morgan fingerprint density at radius 2 is 1.77 bits per heavy atom. The van der Waals surface area contributed by atoms with E-state index in [1.165, 1.54) is 11.1 Å². The Bertz CT molecular complexity index is 280. The molecule has 0 saturated heterocycles. The third kappa shape index (κ3) is 2.21. The summed E-state index contributed by atoms with van der Waals surface area (Å²) in [5.41, 5.74) is 2.70. The number of allylic oxidation sites excluding steroid dienone is 1. The lowest BCUT2D eigenvalue weighted by Crippen LogP contribution is -2.11. The van der Waals surface area contributed by atoms with Gasteiger partial charge in [-0.3, -0.25) is 0 Å². The van der Waals surface area contributed by atoms with Gasteiger partial charge < -0.3 is 0 Å². The summed E-state index contributed by atoms with van der Waals surface area (Å²) in [7, 11) is 0. The van der Waals surface area contributed by atoms with Crippen LogP contribution >= 0.6 is 0 Å². The summed E-state index contributed by atoms with van der Waals surface area (Å²) in [6, 6.07) is 10.4. The first-order chi connectivity index (χ1) is 6.08. The molecule has 1 aromatic carbocycles. The van der Waals surface area contributed by atoms with Crippen molar-refractivity contribution in [1.82, 2.24) is 0 Å². The van der Waals surface area contributed by atoms with Crippen LogP contribution in [0.2, 0.25) is 0 Å². The number of benzene rings is 1. The molecule has 0 heteroatoms. The van der Waals surface area contributed by atoms with Crippen molar-refractivity contribution >= 4 is 5.57 Å². The molecule has 0 radical (unpaired) electrons. The highest BCUT2D eigenvalue weighted by Gasteiger charge is 2.19. The zero-order valence-electron chi connectivity index (χ0n) is 8.80. The molecule has 0 bridgehead atoms. The maximum absolute atomic E-state index is 4.17. The van der Waals surface area contributed by atoms with E-state index in [9.17, 15) is 0 Å². The maximum atomic E-state index is 4.17. The van der Waals surface area contributed by atoms with Gasteiger partial charge in [-0.1, -0.05) is 57.7 Å². The van der Waals surface area contributed by atoms with Crippen molar-refractivity contribution in [2.75, 3.05) is 0 Å². The Morgan fingerprint density at radius 3 is 2.23 bits per heavy atom. The molecule has 0 N–H and O–H groups in total. The van der Waals surface area contributed by atoms with Gasteiger partial charge in [0.2, 0.25) is 0 Å². The van der Waals surface area contributed by atoms with Gasteiger partial charge >= 0.3 is 0 Å². The molecule has 0 atom stereocenters. The molecule has 0 spiro atoms. The normalized spacial score (nSPS) is 11.3. The molecule has 0 aliphatic rings. The number of hydrogen-bond donors (Lipinski definition) is 0. The maximum Gasteiger partial charge on any atom is -0.0106 e. The minimum absolute atomic E-state index is 0.210. The van der Waals surface area contributed by atoms with Crippen LogP contribution in [0.15, 0.2) is 36.9 Å². The summed E-state index contributed by atoms with van der Waals surface area (Å²) in [5, 5.41) is 0. The third-order valence-corrected chi connectivity index (χ3v) is 2.82. The summed E-state index contributed by atoms with van der Waals surface area (Å²) in [6.45, 7) is 10.8. The van der Waals surface area contributed by atoms with E-state index in [-0.39, 0.29) is 5.41 Å². The quantitative estimate of drug-likeness (QED) is 0.646. The average molecular weight is 174 g/mol. The lowest BCUT2D eigenvalue weighted by atomic mass is 9.79. The SMILES string of the molecule is C=C(c1ccccc1)C(C)(C)CC. The van der Waals surface area contributed by atoms with Crippen molar-refractivity contribution in [1.29, 1.82) is 0 Å². The van der Waals surface area contributed by atoms with Gasteiger partial charge in [0, 0.05) is 0 Å². The van der Waals surface area contributed by atoms with Crippen molar-refractivity contribution in [2.45, 2.75) is 27.2 Å². The number of rotatable bonds is 3. The molecule has 0 aromatic heterocycles. The lowest BCUT2D eigenvalue weighted by Gasteiger charge is -2.25. The van der Waals surface area contributed by atoms with Crippen LogP contribution in [0.4, 0.5) is 0 Å². The summed E-state index contributed by atoms with van der Waals surface area (Å²) in [6.07, 6.45) is 1.13. The standard InChI is InChI=1S/C13H18/c1-5-13(3,4)11(2)12-9-7-6-8-10-12/h6-10H,2,5H2,1,3-4H3. The summed E-state index contributed by atoms with van der Waals surface area (Å²) in [4.78, 5) is 0. The Morgan fingerprint density at radius 1 is 1.23 bits per heavy atom. The molecule has 0 nitrogen and oxygen atoms in total. The molecule has 0 unspecified atom stereocenters. The van der Waals surface area contributed by atoms with Gasteiger partial charge in [0.15, 0.2) is 0 Å². The Labute approximate surface area is 81.3 Å². The van der Waals surface area contributed by atoms with E-state index < -0.39 is 0 Å². The molecular weight excluding hydrogens is 156 g/mol. The average Bonchev–Trinajstić information content (AvgIpc) is 2.18. The predicted molar refractivity (Wildman–Crippen MR) is 59.5 cm³/mol. The molecule has 0 fully saturated rings. The predicted octanol–water partition coefficient (Wildman–Crippen LogP) is 4.14. The highest BCUT2D eigenvalue weighted by atomic mass is 14.2. The second kappa shape index (κ2) is 3.78. The molecular formula is C13H18. The van der Waals surface area contributed by atoms with Crippen LogP contribution < -0.4 is 0 Å². The second-order valence-corrected chi connectivity index (χ2v) is 4.08. The van der Waals surface area contributed by atoms with E-state index in [0.717, 1.165) is 6.42 Å². The first kappa shape index (κ1) is 10.0. The fourth-order valence-electron chi connectivity index (χ4n) is 1.24. The van der Waals surface area contributed by atoms with Gasteiger partial charge in [0.1, 0.15) is 0 Å². The largest absolute Gasteiger partial charge is 0.0947 e. The van der Waals surface area contributed by atoms with E-state index in [1.807, 2.05) is 6.07 Å². The van der Waals surface area contributed by atoms with Crippen molar-refractivity contribution < 1.29 is 0 Å².